The van der Waals surface area contributed by atoms with Gasteiger partial charge in [-0.2, -0.15) is 26.3 Å². The van der Waals surface area contributed by atoms with Crippen molar-refractivity contribution < 1.29 is 49.9 Å². The SMILES string of the molecule is COCCC(=O)N1CCC(C(=O)N2C[C@@H](N(C)C(=O)N(C)c3cc(C(F)(F)F)cc(C(F)(F)F)c3)[C@H](c3ccc(F)cc3)C2)CC1. The van der Waals surface area contributed by atoms with Crippen LogP contribution in [-0.2, 0) is 26.7 Å². The summed E-state index contributed by atoms with van der Waals surface area (Å²) >= 11 is 0. The first kappa shape index (κ1) is 35.0. The predicted octanol–water partition coefficient (Wildman–Crippen LogP) is 5.62. The molecule has 2 aromatic carbocycles. The van der Waals surface area contributed by atoms with Gasteiger partial charge in [0, 0.05) is 64.9 Å². The van der Waals surface area contributed by atoms with E-state index in [2.05, 4.69) is 0 Å². The van der Waals surface area contributed by atoms with Crippen molar-refractivity contribution in [3.8, 4) is 0 Å². The number of ether oxygens (including phenoxy) is 1. The van der Waals surface area contributed by atoms with E-state index in [9.17, 15) is 45.1 Å². The zero-order chi connectivity index (χ0) is 34.0. The minimum absolute atomic E-state index is 0.0173. The second kappa shape index (κ2) is 13.9. The Kier molecular flexibility index (Phi) is 10.5. The maximum Gasteiger partial charge on any atom is 0.416 e. The summed E-state index contributed by atoms with van der Waals surface area (Å²) in [4.78, 5) is 44.8. The highest BCUT2D eigenvalue weighted by molar-refractivity contribution is 5.92. The molecule has 2 aromatic rings. The van der Waals surface area contributed by atoms with Crippen LogP contribution in [0, 0.1) is 11.7 Å². The first-order valence-corrected chi connectivity index (χ1v) is 14.6. The number of halogens is 7. The van der Waals surface area contributed by atoms with Crippen LogP contribution < -0.4 is 4.90 Å². The molecule has 0 radical (unpaired) electrons. The predicted molar refractivity (Wildman–Crippen MR) is 153 cm³/mol. The van der Waals surface area contributed by atoms with Crippen molar-refractivity contribution in [1.82, 2.24) is 14.7 Å². The summed E-state index contributed by atoms with van der Waals surface area (Å²) in [6.07, 6.45) is -9.11. The van der Waals surface area contributed by atoms with Crippen molar-refractivity contribution in [2.24, 2.45) is 5.92 Å². The van der Waals surface area contributed by atoms with Gasteiger partial charge >= 0.3 is 18.4 Å². The molecule has 2 fully saturated rings. The number of alkyl halides is 6. The van der Waals surface area contributed by atoms with E-state index in [0.29, 0.717) is 48.5 Å². The third kappa shape index (κ3) is 7.91. The number of amides is 4. The molecule has 2 atom stereocenters. The summed E-state index contributed by atoms with van der Waals surface area (Å²) in [6, 6.07) is 4.74. The van der Waals surface area contributed by atoms with E-state index in [0.717, 1.165) is 7.05 Å². The number of methoxy groups -OCH3 is 1. The van der Waals surface area contributed by atoms with Gasteiger partial charge in [-0.05, 0) is 48.7 Å². The molecule has 8 nitrogen and oxygen atoms in total. The fourth-order valence-electron chi connectivity index (χ4n) is 6.00. The molecule has 2 aliphatic rings. The third-order valence-corrected chi connectivity index (χ3v) is 8.66. The van der Waals surface area contributed by atoms with E-state index in [1.54, 1.807) is 9.80 Å². The van der Waals surface area contributed by atoms with Crippen LogP contribution in [0.1, 0.15) is 41.9 Å². The molecular formula is C31H35F7N4O4. The molecule has 0 N–H and O–H groups in total. The maximum atomic E-state index is 13.8. The van der Waals surface area contributed by atoms with E-state index >= 15 is 0 Å². The lowest BCUT2D eigenvalue weighted by atomic mass is 9.93. The number of hydrogen-bond acceptors (Lipinski definition) is 4. The number of rotatable bonds is 7. The van der Waals surface area contributed by atoms with Gasteiger partial charge in [0.15, 0.2) is 0 Å². The minimum atomic E-state index is -5.10. The number of carbonyl (C=O) groups is 3. The molecule has 2 heterocycles. The van der Waals surface area contributed by atoms with Gasteiger partial charge in [0.2, 0.25) is 11.8 Å². The number of nitrogens with zero attached hydrogens (tertiary/aromatic N) is 4. The first-order valence-electron chi connectivity index (χ1n) is 14.6. The maximum absolute atomic E-state index is 13.8. The van der Waals surface area contributed by atoms with E-state index in [1.807, 2.05) is 0 Å². The average molecular weight is 661 g/mol. The monoisotopic (exact) mass is 660 g/mol. The van der Waals surface area contributed by atoms with Gasteiger partial charge < -0.3 is 19.4 Å². The standard InChI is InChI=1S/C31H35F7N4O4/c1-39(24-15-21(30(33,34)35)14-22(16-24)31(36,37)38)29(45)40(2)26-18-42(17-25(26)19-4-6-23(32)7-5-19)28(44)20-8-11-41(12-9-20)27(43)10-13-46-3/h4-7,14-16,20,25-26H,8-13,17-18H2,1-3H3/t25-,26+/m0/s1. The van der Waals surface area contributed by atoms with E-state index in [1.165, 1.54) is 43.3 Å². The molecule has 15 heteroatoms. The van der Waals surface area contributed by atoms with Crippen LogP contribution in [0.4, 0.5) is 41.2 Å². The van der Waals surface area contributed by atoms with Gasteiger partial charge in [-0.25, -0.2) is 9.18 Å². The van der Waals surface area contributed by atoms with Crippen LogP contribution in [0.2, 0.25) is 0 Å². The molecule has 0 aromatic heterocycles. The third-order valence-electron chi connectivity index (χ3n) is 8.66. The van der Waals surface area contributed by atoms with Crippen molar-refractivity contribution in [2.75, 3.05) is 58.9 Å². The van der Waals surface area contributed by atoms with Gasteiger partial charge in [0.25, 0.3) is 0 Å². The molecule has 2 saturated heterocycles. The number of hydrogen-bond donors (Lipinski definition) is 0. The van der Waals surface area contributed by atoms with Gasteiger partial charge in [-0.3, -0.25) is 14.5 Å². The van der Waals surface area contributed by atoms with Crippen LogP contribution in [0.25, 0.3) is 0 Å². The molecular weight excluding hydrogens is 625 g/mol. The summed E-state index contributed by atoms with van der Waals surface area (Å²) < 4.78 is 99.6. The average Bonchev–Trinajstić information content (AvgIpc) is 3.47. The smallest absolute Gasteiger partial charge is 0.384 e. The van der Waals surface area contributed by atoms with Gasteiger partial charge in [0.1, 0.15) is 5.82 Å². The quantitative estimate of drug-likeness (QED) is 0.362. The molecule has 252 valence electrons. The Morgan fingerprint density at radius 1 is 0.870 bits per heavy atom. The van der Waals surface area contributed by atoms with Crippen LogP contribution in [-0.4, -0.2) is 92.6 Å². The van der Waals surface area contributed by atoms with E-state index in [4.69, 9.17) is 4.74 Å². The lowest BCUT2D eigenvalue weighted by molar-refractivity contribution is -0.143. The lowest BCUT2D eigenvalue weighted by Gasteiger charge is -2.34. The Morgan fingerprint density at radius 3 is 1.96 bits per heavy atom. The highest BCUT2D eigenvalue weighted by Gasteiger charge is 2.43. The zero-order valence-corrected chi connectivity index (χ0v) is 25.5. The number of anilines is 1. The minimum Gasteiger partial charge on any atom is -0.384 e. The molecule has 4 amide bonds. The van der Waals surface area contributed by atoms with Crippen LogP contribution in [0.3, 0.4) is 0 Å². The summed E-state index contributed by atoms with van der Waals surface area (Å²) in [5, 5.41) is 0. The van der Waals surface area contributed by atoms with Gasteiger partial charge in [-0.1, -0.05) is 12.1 Å². The Hall–Kier alpha value is -3.88. The normalized spacial score (nSPS) is 19.3. The molecule has 0 aliphatic carbocycles. The van der Waals surface area contributed by atoms with E-state index < -0.39 is 58.9 Å². The van der Waals surface area contributed by atoms with Crippen molar-refractivity contribution in [3.05, 3.63) is 65.0 Å². The van der Waals surface area contributed by atoms with Crippen LogP contribution in [0.5, 0.6) is 0 Å². The van der Waals surface area contributed by atoms with Crippen LogP contribution in [0.15, 0.2) is 42.5 Å². The fraction of sp³-hybridized carbons (Fsp3) is 0.516. The zero-order valence-electron chi connectivity index (χ0n) is 25.5. The molecule has 0 spiro atoms. The topological polar surface area (TPSA) is 73.4 Å². The molecule has 2 aliphatic heterocycles. The second-order valence-electron chi connectivity index (χ2n) is 11.6. The van der Waals surface area contributed by atoms with Crippen molar-refractivity contribution >= 4 is 23.5 Å². The highest BCUT2D eigenvalue weighted by Crippen LogP contribution is 2.39. The van der Waals surface area contributed by atoms with Crippen LogP contribution >= 0.6 is 0 Å². The first-order chi connectivity index (χ1) is 21.5. The largest absolute Gasteiger partial charge is 0.416 e. The summed E-state index contributed by atoms with van der Waals surface area (Å²) in [5.41, 5.74) is -3.14. The number of likely N-dealkylation sites (N-methyl/N-ethyl adjacent to an activating group) is 1. The number of benzene rings is 2. The molecule has 0 unspecified atom stereocenters. The number of carbonyl (C=O) groups excluding carboxylic acids is 3. The molecule has 4 rings (SSSR count). The molecule has 0 saturated carbocycles. The Balaban J connectivity index is 1.56. The summed E-state index contributed by atoms with van der Waals surface area (Å²) in [5.74, 6) is -1.70. The van der Waals surface area contributed by atoms with Crippen molar-refractivity contribution in [1.29, 1.82) is 0 Å². The highest BCUT2D eigenvalue weighted by atomic mass is 19.4. The Bertz CT molecular complexity index is 1380. The van der Waals surface area contributed by atoms with Crippen molar-refractivity contribution in [3.63, 3.8) is 0 Å². The Morgan fingerprint density at radius 2 is 1.43 bits per heavy atom. The number of likely N-dealkylation sites (tertiary alicyclic amines) is 2. The van der Waals surface area contributed by atoms with Gasteiger partial charge in [-0.15, -0.1) is 0 Å². The Labute approximate surface area is 261 Å². The van der Waals surface area contributed by atoms with E-state index in [-0.39, 0.29) is 44.0 Å². The number of urea groups is 1. The second-order valence-corrected chi connectivity index (χ2v) is 11.6. The summed E-state index contributed by atoms with van der Waals surface area (Å²) in [7, 11) is 3.93. The molecule has 0 bridgehead atoms. The van der Waals surface area contributed by atoms with Crippen molar-refractivity contribution in [2.45, 2.75) is 43.6 Å². The number of piperidine rings is 1. The fourth-order valence-corrected chi connectivity index (χ4v) is 6.00. The lowest BCUT2D eigenvalue weighted by Crippen LogP contribution is -2.48. The molecule has 46 heavy (non-hydrogen) atoms. The summed E-state index contributed by atoms with van der Waals surface area (Å²) in [6.45, 7) is 1.23. The van der Waals surface area contributed by atoms with Gasteiger partial charge in [0.05, 0.1) is 30.2 Å².